The minimum Gasteiger partial charge on any atom is -0.352 e. The number of carbonyl (C=O) groups is 1. The van der Waals surface area contributed by atoms with E-state index < -0.39 is 0 Å². The first kappa shape index (κ1) is 22.9. The van der Waals surface area contributed by atoms with Crippen LogP contribution in [0.3, 0.4) is 0 Å². The van der Waals surface area contributed by atoms with Crippen LogP contribution < -0.4 is 10.2 Å². The van der Waals surface area contributed by atoms with Crippen LogP contribution in [-0.2, 0) is 0 Å². The number of anilines is 1. The molecule has 0 spiro atoms. The summed E-state index contributed by atoms with van der Waals surface area (Å²) >= 11 is 0. The van der Waals surface area contributed by atoms with Gasteiger partial charge in [0.25, 0.3) is 5.91 Å². The Morgan fingerprint density at radius 3 is 2.46 bits per heavy atom. The largest absolute Gasteiger partial charge is 0.352 e. The van der Waals surface area contributed by atoms with E-state index in [9.17, 15) is 4.79 Å². The lowest BCUT2D eigenvalue weighted by atomic mass is 10.0. The number of aromatic nitrogens is 3. The highest BCUT2D eigenvalue weighted by Crippen LogP contribution is 2.25. The third-order valence-electron chi connectivity index (χ3n) is 6.45. The number of nitrogens with one attached hydrogen (secondary N) is 1. The summed E-state index contributed by atoms with van der Waals surface area (Å²) in [4.78, 5) is 31.3. The Morgan fingerprint density at radius 1 is 0.943 bits per heavy atom. The molecule has 35 heavy (non-hydrogen) atoms. The fourth-order valence-corrected chi connectivity index (χ4v) is 4.46. The van der Waals surface area contributed by atoms with E-state index >= 15 is 0 Å². The Labute approximate surface area is 205 Å². The molecule has 7 heteroatoms. The maximum absolute atomic E-state index is 13.2. The van der Waals surface area contributed by atoms with E-state index in [1.54, 1.807) is 12.4 Å². The van der Waals surface area contributed by atoms with Crippen molar-refractivity contribution in [2.24, 2.45) is 0 Å². The number of aryl methyl sites for hydroxylation is 1. The summed E-state index contributed by atoms with van der Waals surface area (Å²) in [7, 11) is 0. The fourth-order valence-electron chi connectivity index (χ4n) is 4.46. The molecule has 1 aliphatic heterocycles. The van der Waals surface area contributed by atoms with Gasteiger partial charge in [0.2, 0.25) is 5.95 Å². The molecule has 0 aliphatic carbocycles. The van der Waals surface area contributed by atoms with Gasteiger partial charge in [0.15, 0.2) is 0 Å². The number of nitrogens with zero attached hydrogens (tertiary/aromatic N) is 5. The predicted octanol–water partition coefficient (Wildman–Crippen LogP) is 3.94. The van der Waals surface area contributed by atoms with Gasteiger partial charge in [-0.1, -0.05) is 48.0 Å². The molecule has 1 fully saturated rings. The molecule has 7 nitrogen and oxygen atoms in total. The lowest BCUT2D eigenvalue weighted by Crippen LogP contribution is -2.47. The number of hydrogen-bond donors (Lipinski definition) is 1. The number of carbonyl (C=O) groups excluding carboxylic acids is 1. The van der Waals surface area contributed by atoms with Gasteiger partial charge in [0, 0.05) is 56.1 Å². The number of rotatable bonds is 7. The minimum absolute atomic E-state index is 0.0528. The minimum atomic E-state index is -0.0528. The van der Waals surface area contributed by atoms with Crippen molar-refractivity contribution < 1.29 is 4.79 Å². The predicted molar refractivity (Wildman–Crippen MR) is 140 cm³/mol. The smallest absolute Gasteiger partial charge is 0.252 e. The molecule has 2 aromatic carbocycles. The number of fused-ring (bicyclic) bond motifs is 1. The molecular weight excluding hydrogens is 436 g/mol. The fraction of sp³-hybridized carbons (Fsp3) is 0.286. The Morgan fingerprint density at radius 2 is 1.69 bits per heavy atom. The molecular formula is C28H30N6O. The third-order valence-corrected chi connectivity index (χ3v) is 6.45. The van der Waals surface area contributed by atoms with E-state index in [2.05, 4.69) is 56.3 Å². The second-order valence-corrected chi connectivity index (χ2v) is 8.93. The first-order valence-electron chi connectivity index (χ1n) is 12.2. The van der Waals surface area contributed by atoms with Crippen LogP contribution in [0.25, 0.3) is 22.2 Å². The Hall–Kier alpha value is -3.84. The number of para-hydroxylation sites is 1. The lowest BCUT2D eigenvalue weighted by Gasteiger charge is -2.34. The topological polar surface area (TPSA) is 74.2 Å². The zero-order valence-electron chi connectivity index (χ0n) is 20.0. The van der Waals surface area contributed by atoms with E-state index in [4.69, 9.17) is 4.98 Å². The van der Waals surface area contributed by atoms with Crippen molar-refractivity contribution >= 4 is 22.8 Å². The molecule has 1 aliphatic rings. The number of piperazine rings is 1. The molecule has 1 amide bonds. The van der Waals surface area contributed by atoms with Crippen LogP contribution in [0.15, 0.2) is 73.1 Å². The van der Waals surface area contributed by atoms with Gasteiger partial charge in [0.1, 0.15) is 0 Å². The lowest BCUT2D eigenvalue weighted by molar-refractivity contribution is 0.0953. The molecule has 1 saturated heterocycles. The quantitative estimate of drug-likeness (QED) is 0.416. The van der Waals surface area contributed by atoms with Gasteiger partial charge in [-0.15, -0.1) is 0 Å². The highest BCUT2D eigenvalue weighted by atomic mass is 16.1. The van der Waals surface area contributed by atoms with Crippen molar-refractivity contribution in [3.05, 3.63) is 84.2 Å². The number of amides is 1. The van der Waals surface area contributed by atoms with E-state index in [1.165, 1.54) is 5.56 Å². The second kappa shape index (κ2) is 10.6. The third kappa shape index (κ3) is 5.46. The first-order valence-corrected chi connectivity index (χ1v) is 12.2. The van der Waals surface area contributed by atoms with Crippen LogP contribution >= 0.6 is 0 Å². The summed E-state index contributed by atoms with van der Waals surface area (Å²) in [6.07, 6.45) is 4.47. The van der Waals surface area contributed by atoms with Crippen LogP contribution in [0.4, 0.5) is 5.95 Å². The maximum atomic E-state index is 13.2. The Balaban J connectivity index is 1.18. The summed E-state index contributed by atoms with van der Waals surface area (Å²) < 4.78 is 0. The molecule has 0 unspecified atom stereocenters. The van der Waals surface area contributed by atoms with Crippen LogP contribution in [0.2, 0.25) is 0 Å². The van der Waals surface area contributed by atoms with Crippen molar-refractivity contribution in [1.29, 1.82) is 0 Å². The van der Waals surface area contributed by atoms with Gasteiger partial charge >= 0.3 is 0 Å². The molecule has 3 heterocycles. The van der Waals surface area contributed by atoms with Crippen molar-refractivity contribution in [1.82, 2.24) is 25.2 Å². The standard InChI is InChI=1S/C28H30N6O/c1-21-8-10-22(11-9-21)26-20-24(23-6-2-3-7-25(23)32-26)27(35)29-14-5-15-33-16-18-34(19-17-33)28-30-12-4-13-31-28/h2-4,6-13,20H,5,14-19H2,1H3,(H,29,35). The van der Waals surface area contributed by atoms with Gasteiger partial charge in [-0.2, -0.15) is 0 Å². The Bertz CT molecular complexity index is 1280. The van der Waals surface area contributed by atoms with Crippen LogP contribution in [0.1, 0.15) is 22.3 Å². The summed E-state index contributed by atoms with van der Waals surface area (Å²) in [6, 6.07) is 19.8. The van der Waals surface area contributed by atoms with Crippen molar-refractivity contribution in [2.45, 2.75) is 13.3 Å². The van der Waals surface area contributed by atoms with Gasteiger partial charge in [0.05, 0.1) is 16.8 Å². The van der Waals surface area contributed by atoms with Crippen molar-refractivity contribution in [3.63, 3.8) is 0 Å². The molecule has 2 aromatic heterocycles. The average Bonchev–Trinajstić information content (AvgIpc) is 2.91. The number of benzene rings is 2. The maximum Gasteiger partial charge on any atom is 0.252 e. The second-order valence-electron chi connectivity index (χ2n) is 8.93. The highest BCUT2D eigenvalue weighted by molar-refractivity contribution is 6.07. The SMILES string of the molecule is Cc1ccc(-c2cc(C(=O)NCCCN3CCN(c4ncccn4)CC3)c3ccccc3n2)cc1. The van der Waals surface area contributed by atoms with Gasteiger partial charge in [-0.25, -0.2) is 15.0 Å². The molecule has 0 atom stereocenters. The summed E-state index contributed by atoms with van der Waals surface area (Å²) in [6.45, 7) is 7.44. The molecule has 1 N–H and O–H groups in total. The molecule has 0 saturated carbocycles. The zero-order valence-corrected chi connectivity index (χ0v) is 20.0. The normalized spacial score (nSPS) is 14.3. The zero-order chi connectivity index (χ0) is 24.0. The van der Waals surface area contributed by atoms with Gasteiger partial charge in [-0.3, -0.25) is 9.69 Å². The summed E-state index contributed by atoms with van der Waals surface area (Å²) in [5.41, 5.74) is 4.52. The molecule has 0 bridgehead atoms. The number of hydrogen-bond acceptors (Lipinski definition) is 6. The van der Waals surface area contributed by atoms with E-state index in [1.807, 2.05) is 36.4 Å². The monoisotopic (exact) mass is 466 g/mol. The van der Waals surface area contributed by atoms with E-state index in [0.29, 0.717) is 12.1 Å². The molecule has 178 valence electrons. The van der Waals surface area contributed by atoms with Crippen molar-refractivity contribution in [2.75, 3.05) is 44.2 Å². The van der Waals surface area contributed by atoms with Crippen LogP contribution in [0, 0.1) is 6.92 Å². The van der Waals surface area contributed by atoms with E-state index in [0.717, 1.165) is 67.3 Å². The van der Waals surface area contributed by atoms with Gasteiger partial charge < -0.3 is 10.2 Å². The summed E-state index contributed by atoms with van der Waals surface area (Å²) in [5, 5.41) is 4.00. The first-order chi connectivity index (χ1) is 17.2. The highest BCUT2D eigenvalue weighted by Gasteiger charge is 2.18. The molecule has 5 rings (SSSR count). The average molecular weight is 467 g/mol. The van der Waals surface area contributed by atoms with Crippen LogP contribution in [0.5, 0.6) is 0 Å². The van der Waals surface area contributed by atoms with Crippen molar-refractivity contribution in [3.8, 4) is 11.3 Å². The van der Waals surface area contributed by atoms with E-state index in [-0.39, 0.29) is 5.91 Å². The molecule has 0 radical (unpaired) electrons. The van der Waals surface area contributed by atoms with Gasteiger partial charge in [-0.05, 0) is 38.1 Å². The Kier molecular flexibility index (Phi) is 6.95. The van der Waals surface area contributed by atoms with Crippen LogP contribution in [-0.4, -0.2) is 65.0 Å². The summed E-state index contributed by atoms with van der Waals surface area (Å²) in [5.74, 6) is 0.747. The number of pyridine rings is 1. The molecule has 4 aromatic rings.